The van der Waals surface area contributed by atoms with Gasteiger partial charge in [0, 0.05) is 37.6 Å². The number of carbonyl (C=O) groups excluding carboxylic acids is 1. The van der Waals surface area contributed by atoms with Crippen molar-refractivity contribution in [1.29, 1.82) is 5.26 Å². The minimum Gasteiger partial charge on any atom is -0.508 e. The molecule has 2 atom stereocenters. The van der Waals surface area contributed by atoms with E-state index in [1.165, 1.54) is 0 Å². The summed E-state index contributed by atoms with van der Waals surface area (Å²) in [4.78, 5) is 19.3. The summed E-state index contributed by atoms with van der Waals surface area (Å²) in [5.74, 6) is 1.14. The maximum Gasteiger partial charge on any atom is 0.146 e. The number of rotatable bonds is 6. The highest BCUT2D eigenvalue weighted by Crippen LogP contribution is 2.36. The minimum absolute atomic E-state index is 0.0601. The van der Waals surface area contributed by atoms with Gasteiger partial charge in [0.15, 0.2) is 0 Å². The standard InChI is InChI=1S/C24H29N3O3/c1-15(2)23-21(17-5-4-6-19(29)11-17)12-18(13-25)24(26-23)27-9-7-20(16(3)14-27)22(30)8-10-28/h4-6,11-12,15-16,20,28-29H,7-10,14H2,1-3H3. The van der Waals surface area contributed by atoms with Gasteiger partial charge in [-0.2, -0.15) is 5.26 Å². The van der Waals surface area contributed by atoms with Gasteiger partial charge in [0.2, 0.25) is 0 Å². The van der Waals surface area contributed by atoms with E-state index in [9.17, 15) is 15.2 Å². The monoisotopic (exact) mass is 407 g/mol. The third-order valence-electron chi connectivity index (χ3n) is 5.83. The number of phenolic OH excluding ortho intramolecular Hbond substituents is 1. The molecule has 0 aliphatic carbocycles. The maximum absolute atomic E-state index is 12.3. The van der Waals surface area contributed by atoms with Gasteiger partial charge in [-0.15, -0.1) is 0 Å². The molecule has 2 N–H and O–H groups in total. The van der Waals surface area contributed by atoms with Crippen molar-refractivity contribution in [2.24, 2.45) is 11.8 Å². The Hall–Kier alpha value is -2.91. The Kier molecular flexibility index (Phi) is 6.73. The lowest BCUT2D eigenvalue weighted by Gasteiger charge is -2.37. The molecule has 1 aliphatic rings. The van der Waals surface area contributed by atoms with Gasteiger partial charge in [0.1, 0.15) is 23.4 Å². The first kappa shape index (κ1) is 21.8. The van der Waals surface area contributed by atoms with Gasteiger partial charge in [-0.05, 0) is 42.0 Å². The highest BCUT2D eigenvalue weighted by molar-refractivity contribution is 5.82. The molecule has 0 saturated carbocycles. The molecule has 0 amide bonds. The number of nitrogens with zero attached hydrogens (tertiary/aromatic N) is 3. The number of benzene rings is 1. The number of pyridine rings is 1. The van der Waals surface area contributed by atoms with Crippen molar-refractivity contribution in [2.45, 2.75) is 39.5 Å². The molecular weight excluding hydrogens is 378 g/mol. The highest BCUT2D eigenvalue weighted by atomic mass is 16.3. The molecule has 0 radical (unpaired) electrons. The van der Waals surface area contributed by atoms with Gasteiger partial charge in [-0.1, -0.05) is 32.9 Å². The number of hydrogen-bond acceptors (Lipinski definition) is 6. The van der Waals surface area contributed by atoms with Crippen molar-refractivity contribution in [3.05, 3.63) is 41.6 Å². The summed E-state index contributed by atoms with van der Waals surface area (Å²) in [6.45, 7) is 7.35. The van der Waals surface area contributed by atoms with E-state index < -0.39 is 0 Å². The SMILES string of the molecule is CC(C)c1nc(N2CCC(C(=O)CCO)C(C)C2)c(C#N)cc1-c1cccc(O)c1. The number of ketones is 1. The van der Waals surface area contributed by atoms with E-state index in [0.717, 1.165) is 16.8 Å². The number of phenols is 1. The van der Waals surface area contributed by atoms with Crippen molar-refractivity contribution in [3.63, 3.8) is 0 Å². The molecule has 2 aromatic rings. The van der Waals surface area contributed by atoms with Crippen molar-refractivity contribution >= 4 is 11.6 Å². The third-order valence-corrected chi connectivity index (χ3v) is 5.83. The molecule has 0 bridgehead atoms. The second-order valence-electron chi connectivity index (χ2n) is 8.37. The van der Waals surface area contributed by atoms with Crippen LogP contribution in [0.5, 0.6) is 5.75 Å². The normalized spacial score (nSPS) is 19.0. The molecule has 2 unspecified atom stereocenters. The van der Waals surface area contributed by atoms with Crippen LogP contribution in [0.15, 0.2) is 30.3 Å². The van der Waals surface area contributed by atoms with E-state index in [-0.39, 0.29) is 42.3 Å². The number of anilines is 1. The molecule has 1 fully saturated rings. The number of aliphatic hydroxyl groups is 1. The first-order valence-corrected chi connectivity index (χ1v) is 10.5. The molecule has 3 rings (SSSR count). The van der Waals surface area contributed by atoms with Crippen molar-refractivity contribution in [3.8, 4) is 22.9 Å². The molecule has 1 aromatic heterocycles. The number of Topliss-reactive ketones (excluding diaryl/α,β-unsaturated/α-hetero) is 1. The number of aliphatic hydroxyl groups excluding tert-OH is 1. The highest BCUT2D eigenvalue weighted by Gasteiger charge is 2.32. The molecule has 2 heterocycles. The Balaban J connectivity index is 1.97. The lowest BCUT2D eigenvalue weighted by atomic mass is 9.82. The van der Waals surface area contributed by atoms with Crippen LogP contribution < -0.4 is 4.90 Å². The Labute approximate surface area is 177 Å². The van der Waals surface area contributed by atoms with E-state index in [1.807, 2.05) is 19.1 Å². The summed E-state index contributed by atoms with van der Waals surface area (Å²) in [5.41, 5.74) is 3.05. The summed E-state index contributed by atoms with van der Waals surface area (Å²) >= 11 is 0. The third kappa shape index (κ3) is 4.47. The maximum atomic E-state index is 12.3. The second kappa shape index (κ2) is 9.27. The Morgan fingerprint density at radius 3 is 2.73 bits per heavy atom. The Morgan fingerprint density at radius 1 is 1.37 bits per heavy atom. The van der Waals surface area contributed by atoms with Crippen LogP contribution >= 0.6 is 0 Å². The number of aromatic hydroxyl groups is 1. The van der Waals surface area contributed by atoms with Crippen LogP contribution in [0.1, 0.15) is 50.8 Å². The van der Waals surface area contributed by atoms with Crippen LogP contribution in [0.25, 0.3) is 11.1 Å². The van der Waals surface area contributed by atoms with E-state index in [4.69, 9.17) is 10.1 Å². The van der Waals surface area contributed by atoms with Crippen LogP contribution in [0.3, 0.4) is 0 Å². The van der Waals surface area contributed by atoms with Crippen LogP contribution in [0.4, 0.5) is 5.82 Å². The summed E-state index contributed by atoms with van der Waals surface area (Å²) in [5, 5.41) is 28.8. The van der Waals surface area contributed by atoms with Crippen LogP contribution in [-0.2, 0) is 4.79 Å². The second-order valence-corrected chi connectivity index (χ2v) is 8.37. The van der Waals surface area contributed by atoms with E-state index in [1.54, 1.807) is 18.2 Å². The predicted octanol–water partition coefficient (Wildman–Crippen LogP) is 3.86. The topological polar surface area (TPSA) is 97.5 Å². The molecular formula is C24H29N3O3. The van der Waals surface area contributed by atoms with Crippen LogP contribution in [0.2, 0.25) is 0 Å². The fourth-order valence-corrected chi connectivity index (χ4v) is 4.30. The van der Waals surface area contributed by atoms with Gasteiger partial charge in [0.05, 0.1) is 11.3 Å². The van der Waals surface area contributed by atoms with Crippen LogP contribution in [0, 0.1) is 23.2 Å². The molecule has 158 valence electrons. The summed E-state index contributed by atoms with van der Waals surface area (Å²) in [6, 6.07) is 11.1. The summed E-state index contributed by atoms with van der Waals surface area (Å²) < 4.78 is 0. The molecule has 1 aromatic carbocycles. The molecule has 1 saturated heterocycles. The molecule has 1 aliphatic heterocycles. The van der Waals surface area contributed by atoms with Gasteiger partial charge < -0.3 is 15.1 Å². The fraction of sp³-hybridized carbons (Fsp3) is 0.458. The van der Waals surface area contributed by atoms with Gasteiger partial charge in [-0.3, -0.25) is 4.79 Å². The molecule has 0 spiro atoms. The zero-order valence-electron chi connectivity index (χ0n) is 17.8. The average Bonchev–Trinajstić information content (AvgIpc) is 2.72. The number of piperidine rings is 1. The molecule has 6 nitrogen and oxygen atoms in total. The fourth-order valence-electron chi connectivity index (χ4n) is 4.30. The summed E-state index contributed by atoms with van der Waals surface area (Å²) in [7, 11) is 0. The van der Waals surface area contributed by atoms with Crippen molar-refractivity contribution < 1.29 is 15.0 Å². The largest absolute Gasteiger partial charge is 0.508 e. The van der Waals surface area contributed by atoms with Crippen molar-refractivity contribution in [1.82, 2.24) is 4.98 Å². The zero-order chi connectivity index (χ0) is 21.8. The number of nitriles is 1. The molecule has 30 heavy (non-hydrogen) atoms. The Morgan fingerprint density at radius 2 is 2.13 bits per heavy atom. The zero-order valence-corrected chi connectivity index (χ0v) is 17.8. The number of hydrogen-bond donors (Lipinski definition) is 2. The lowest BCUT2D eigenvalue weighted by Crippen LogP contribution is -2.43. The smallest absolute Gasteiger partial charge is 0.146 e. The number of carbonyl (C=O) groups is 1. The van der Waals surface area contributed by atoms with E-state index in [0.29, 0.717) is 30.9 Å². The number of aromatic nitrogens is 1. The quantitative estimate of drug-likeness (QED) is 0.755. The Bertz CT molecular complexity index is 965. The molecule has 6 heteroatoms. The first-order chi connectivity index (χ1) is 14.3. The van der Waals surface area contributed by atoms with Crippen LogP contribution in [-0.4, -0.2) is 40.7 Å². The van der Waals surface area contributed by atoms with Gasteiger partial charge >= 0.3 is 0 Å². The average molecular weight is 408 g/mol. The summed E-state index contributed by atoms with van der Waals surface area (Å²) in [6.07, 6.45) is 0.894. The van der Waals surface area contributed by atoms with E-state index in [2.05, 4.69) is 24.8 Å². The van der Waals surface area contributed by atoms with E-state index >= 15 is 0 Å². The van der Waals surface area contributed by atoms with Gasteiger partial charge in [0.25, 0.3) is 0 Å². The predicted molar refractivity (Wildman–Crippen MR) is 116 cm³/mol. The minimum atomic E-state index is -0.111. The first-order valence-electron chi connectivity index (χ1n) is 10.5. The van der Waals surface area contributed by atoms with Gasteiger partial charge in [-0.25, -0.2) is 4.98 Å². The lowest BCUT2D eigenvalue weighted by molar-refractivity contribution is -0.125. The van der Waals surface area contributed by atoms with Crippen molar-refractivity contribution in [2.75, 3.05) is 24.6 Å².